The van der Waals surface area contributed by atoms with E-state index in [9.17, 15) is 0 Å². The molecule has 1 N–H and O–H groups in total. The molecule has 0 atom stereocenters. The molecule has 0 spiro atoms. The Morgan fingerprint density at radius 2 is 2.00 bits per heavy atom. The Kier molecular flexibility index (Phi) is 4.04. The Morgan fingerprint density at radius 1 is 1.28 bits per heavy atom. The van der Waals surface area contributed by atoms with Crippen LogP contribution in [0.5, 0.6) is 0 Å². The molecule has 1 aromatic rings. The van der Waals surface area contributed by atoms with Crippen LogP contribution < -0.4 is 10.2 Å². The van der Waals surface area contributed by atoms with Gasteiger partial charge in [0.2, 0.25) is 0 Å². The minimum atomic E-state index is 0.683. The second kappa shape index (κ2) is 5.55. The molecule has 1 saturated carbocycles. The highest BCUT2D eigenvalue weighted by molar-refractivity contribution is 5.59. The summed E-state index contributed by atoms with van der Waals surface area (Å²) >= 11 is 0. The van der Waals surface area contributed by atoms with Gasteiger partial charge in [-0.3, -0.25) is 0 Å². The molecule has 100 valence electrons. The first-order valence-electron chi connectivity index (χ1n) is 7.01. The highest BCUT2D eigenvalue weighted by Gasteiger charge is 2.29. The molecule has 0 bridgehead atoms. The monoisotopic (exact) mass is 248 g/mol. The van der Waals surface area contributed by atoms with Crippen molar-refractivity contribution in [3.05, 3.63) is 11.4 Å². The Labute approximate surface area is 110 Å². The second-order valence-electron chi connectivity index (χ2n) is 5.06. The maximum Gasteiger partial charge on any atom is 0.137 e. The third-order valence-corrected chi connectivity index (χ3v) is 3.41. The highest BCUT2D eigenvalue weighted by Crippen LogP contribution is 2.32. The minimum absolute atomic E-state index is 0.683. The Balaban J connectivity index is 2.35. The van der Waals surface area contributed by atoms with Crippen LogP contribution in [0.1, 0.15) is 44.5 Å². The average molecular weight is 248 g/mol. The molecule has 1 aromatic heterocycles. The predicted octanol–water partition coefficient (Wildman–Crippen LogP) is 2.77. The van der Waals surface area contributed by atoms with Crippen LogP contribution in [-0.2, 0) is 6.42 Å². The van der Waals surface area contributed by atoms with Crippen LogP contribution in [-0.4, -0.2) is 29.6 Å². The first kappa shape index (κ1) is 13.1. The molecular formula is C14H24N4. The van der Waals surface area contributed by atoms with Gasteiger partial charge in [0, 0.05) is 31.6 Å². The van der Waals surface area contributed by atoms with E-state index in [0.29, 0.717) is 6.04 Å². The lowest BCUT2D eigenvalue weighted by molar-refractivity contribution is 0.805. The number of rotatable bonds is 6. The normalized spacial score (nSPS) is 14.7. The highest BCUT2D eigenvalue weighted by atomic mass is 15.2. The van der Waals surface area contributed by atoms with Gasteiger partial charge in [0.25, 0.3) is 0 Å². The molecule has 1 aliphatic rings. The maximum atomic E-state index is 4.74. The zero-order valence-electron chi connectivity index (χ0n) is 12.0. The van der Waals surface area contributed by atoms with E-state index in [1.165, 1.54) is 18.4 Å². The quantitative estimate of drug-likeness (QED) is 0.840. The van der Waals surface area contributed by atoms with Crippen molar-refractivity contribution in [3.8, 4) is 0 Å². The summed E-state index contributed by atoms with van der Waals surface area (Å²) < 4.78 is 0. The van der Waals surface area contributed by atoms with E-state index < -0.39 is 0 Å². The first-order valence-corrected chi connectivity index (χ1v) is 7.01. The number of hydrogen-bond donors (Lipinski definition) is 1. The van der Waals surface area contributed by atoms with Gasteiger partial charge in [0.05, 0.1) is 0 Å². The fourth-order valence-electron chi connectivity index (χ4n) is 2.20. The van der Waals surface area contributed by atoms with Crippen LogP contribution in [0.25, 0.3) is 0 Å². The summed E-state index contributed by atoms with van der Waals surface area (Å²) in [7, 11) is 2.15. The average Bonchev–Trinajstić information content (AvgIpc) is 3.17. The van der Waals surface area contributed by atoms with Gasteiger partial charge in [-0.1, -0.05) is 6.92 Å². The molecule has 0 unspecified atom stereocenters. The van der Waals surface area contributed by atoms with Crippen LogP contribution in [0, 0.1) is 6.92 Å². The van der Waals surface area contributed by atoms with Crippen molar-refractivity contribution in [2.75, 3.05) is 23.8 Å². The van der Waals surface area contributed by atoms with Crippen molar-refractivity contribution in [3.63, 3.8) is 0 Å². The Bertz CT molecular complexity index is 413. The van der Waals surface area contributed by atoms with E-state index in [2.05, 4.69) is 43.0 Å². The molecule has 0 saturated heterocycles. The summed E-state index contributed by atoms with van der Waals surface area (Å²) in [5.74, 6) is 3.06. The van der Waals surface area contributed by atoms with Gasteiger partial charge in [-0.05, 0) is 33.1 Å². The fourth-order valence-corrected chi connectivity index (χ4v) is 2.20. The zero-order chi connectivity index (χ0) is 13.1. The molecule has 1 aliphatic carbocycles. The predicted molar refractivity (Wildman–Crippen MR) is 76.4 cm³/mol. The summed E-state index contributed by atoms with van der Waals surface area (Å²) in [5, 5.41) is 3.35. The lowest BCUT2D eigenvalue weighted by Crippen LogP contribution is -2.23. The number of anilines is 2. The van der Waals surface area contributed by atoms with Crippen LogP contribution in [0.2, 0.25) is 0 Å². The van der Waals surface area contributed by atoms with Crippen LogP contribution in [0.15, 0.2) is 0 Å². The van der Waals surface area contributed by atoms with Gasteiger partial charge in [0.15, 0.2) is 0 Å². The van der Waals surface area contributed by atoms with Crippen molar-refractivity contribution in [2.45, 2.75) is 52.5 Å². The zero-order valence-corrected chi connectivity index (χ0v) is 12.0. The molecule has 4 nitrogen and oxygen atoms in total. The van der Waals surface area contributed by atoms with Crippen molar-refractivity contribution in [2.24, 2.45) is 0 Å². The van der Waals surface area contributed by atoms with Gasteiger partial charge < -0.3 is 10.2 Å². The van der Waals surface area contributed by atoms with Gasteiger partial charge >= 0.3 is 0 Å². The van der Waals surface area contributed by atoms with E-state index in [0.717, 1.165) is 36.8 Å². The summed E-state index contributed by atoms with van der Waals surface area (Å²) in [6.45, 7) is 7.28. The standard InChI is InChI=1S/C14H24N4/c1-5-7-12-16-13(15-6-2)10(3)14(17-12)18(4)11-8-9-11/h11H,5-9H2,1-4H3,(H,15,16,17). The van der Waals surface area contributed by atoms with Crippen molar-refractivity contribution in [1.82, 2.24) is 9.97 Å². The second-order valence-corrected chi connectivity index (χ2v) is 5.06. The molecule has 0 radical (unpaired) electrons. The largest absolute Gasteiger partial charge is 0.370 e. The molecule has 1 heterocycles. The van der Waals surface area contributed by atoms with Gasteiger partial charge in [0.1, 0.15) is 17.5 Å². The summed E-state index contributed by atoms with van der Waals surface area (Å²) in [6, 6.07) is 0.683. The molecule has 2 rings (SSSR count). The maximum absolute atomic E-state index is 4.74. The molecule has 4 heteroatoms. The topological polar surface area (TPSA) is 41.1 Å². The third kappa shape index (κ3) is 2.74. The van der Waals surface area contributed by atoms with Gasteiger partial charge in [-0.15, -0.1) is 0 Å². The number of aryl methyl sites for hydroxylation is 1. The molecular weight excluding hydrogens is 224 g/mol. The first-order chi connectivity index (χ1) is 8.67. The number of hydrogen-bond acceptors (Lipinski definition) is 4. The lowest BCUT2D eigenvalue weighted by Gasteiger charge is -2.22. The molecule has 18 heavy (non-hydrogen) atoms. The van der Waals surface area contributed by atoms with E-state index in [4.69, 9.17) is 4.98 Å². The third-order valence-electron chi connectivity index (χ3n) is 3.41. The van der Waals surface area contributed by atoms with Gasteiger partial charge in [-0.2, -0.15) is 0 Å². The van der Waals surface area contributed by atoms with Crippen molar-refractivity contribution >= 4 is 11.6 Å². The Morgan fingerprint density at radius 3 is 2.56 bits per heavy atom. The lowest BCUT2D eigenvalue weighted by atomic mass is 10.2. The molecule has 0 amide bonds. The van der Waals surface area contributed by atoms with Crippen LogP contribution >= 0.6 is 0 Å². The summed E-state index contributed by atoms with van der Waals surface area (Å²) in [6.07, 6.45) is 4.62. The van der Waals surface area contributed by atoms with Crippen LogP contribution in [0.3, 0.4) is 0 Å². The van der Waals surface area contributed by atoms with E-state index in [1.54, 1.807) is 0 Å². The van der Waals surface area contributed by atoms with Crippen LogP contribution in [0.4, 0.5) is 11.6 Å². The van der Waals surface area contributed by atoms with E-state index in [-0.39, 0.29) is 0 Å². The molecule has 0 aliphatic heterocycles. The summed E-state index contributed by atoms with van der Waals surface area (Å²) in [5.41, 5.74) is 1.17. The van der Waals surface area contributed by atoms with E-state index in [1.807, 2.05) is 0 Å². The molecule has 0 aromatic carbocycles. The summed E-state index contributed by atoms with van der Waals surface area (Å²) in [4.78, 5) is 11.7. The van der Waals surface area contributed by atoms with Gasteiger partial charge in [-0.25, -0.2) is 9.97 Å². The smallest absolute Gasteiger partial charge is 0.137 e. The van der Waals surface area contributed by atoms with E-state index >= 15 is 0 Å². The Hall–Kier alpha value is -1.32. The van der Waals surface area contributed by atoms with Crippen molar-refractivity contribution in [1.29, 1.82) is 0 Å². The molecule has 1 fully saturated rings. The minimum Gasteiger partial charge on any atom is -0.370 e. The van der Waals surface area contributed by atoms with Crippen molar-refractivity contribution < 1.29 is 0 Å². The fraction of sp³-hybridized carbons (Fsp3) is 0.714. The number of nitrogens with one attached hydrogen (secondary N) is 1. The number of nitrogens with zero attached hydrogens (tertiary/aromatic N) is 3. The SMILES string of the molecule is CCCc1nc(NCC)c(C)c(N(C)C2CC2)n1. The number of aromatic nitrogens is 2.